The number of amides is 1. The maximum Gasteiger partial charge on any atom is 0.251 e. The third-order valence-electron chi connectivity index (χ3n) is 3.78. The Bertz CT molecular complexity index is 860. The van der Waals surface area contributed by atoms with E-state index in [0.717, 1.165) is 11.3 Å². The van der Waals surface area contributed by atoms with Gasteiger partial charge in [0, 0.05) is 29.1 Å². The highest BCUT2D eigenvalue weighted by atomic mass is 35.5. The summed E-state index contributed by atoms with van der Waals surface area (Å²) >= 11 is 5.81. The Morgan fingerprint density at radius 3 is 2.58 bits per heavy atom. The molecule has 134 valence electrons. The molecule has 0 unspecified atom stereocenters. The number of methoxy groups -OCH3 is 1. The lowest BCUT2D eigenvalue weighted by Gasteiger charge is -2.04. The second-order valence-electron chi connectivity index (χ2n) is 5.61. The van der Waals surface area contributed by atoms with E-state index in [1.54, 1.807) is 31.4 Å². The van der Waals surface area contributed by atoms with Crippen molar-refractivity contribution in [3.8, 4) is 17.1 Å². The first kappa shape index (κ1) is 17.9. The van der Waals surface area contributed by atoms with Crippen LogP contribution >= 0.6 is 11.6 Å². The van der Waals surface area contributed by atoms with Gasteiger partial charge in [-0.1, -0.05) is 16.8 Å². The number of hydrogen-bond donors (Lipinski definition) is 1. The molecule has 6 nitrogen and oxygen atoms in total. The first-order chi connectivity index (χ1) is 12.7. The first-order valence-electron chi connectivity index (χ1n) is 8.16. The zero-order valence-corrected chi connectivity index (χ0v) is 15.0. The predicted molar refractivity (Wildman–Crippen MR) is 98.4 cm³/mol. The molecule has 0 fully saturated rings. The molecule has 2 aromatic carbocycles. The Balaban J connectivity index is 1.47. The van der Waals surface area contributed by atoms with E-state index in [0.29, 0.717) is 41.7 Å². The fourth-order valence-electron chi connectivity index (χ4n) is 2.36. The molecule has 1 amide bonds. The summed E-state index contributed by atoms with van der Waals surface area (Å²) in [5.74, 6) is 1.71. The summed E-state index contributed by atoms with van der Waals surface area (Å²) in [4.78, 5) is 16.4. The van der Waals surface area contributed by atoms with E-state index in [2.05, 4.69) is 15.5 Å². The van der Waals surface area contributed by atoms with Gasteiger partial charge < -0.3 is 14.6 Å². The fourth-order valence-corrected chi connectivity index (χ4v) is 2.48. The second-order valence-corrected chi connectivity index (χ2v) is 6.04. The molecule has 1 N–H and O–H groups in total. The van der Waals surface area contributed by atoms with Crippen molar-refractivity contribution in [1.29, 1.82) is 0 Å². The summed E-state index contributed by atoms with van der Waals surface area (Å²) in [7, 11) is 1.62. The van der Waals surface area contributed by atoms with Crippen LogP contribution in [0.4, 0.5) is 0 Å². The van der Waals surface area contributed by atoms with Gasteiger partial charge in [0.05, 0.1) is 7.11 Å². The lowest BCUT2D eigenvalue weighted by Crippen LogP contribution is -2.24. The standard InChI is InChI=1S/C19H18ClN3O3/c1-25-16-10-6-13(7-11-16)18-22-17(26-23-18)3-2-12-21-19(24)14-4-8-15(20)9-5-14/h4-11H,2-3,12H2,1H3,(H,21,24). The Labute approximate surface area is 156 Å². The Kier molecular flexibility index (Phi) is 5.86. The molecule has 0 aliphatic heterocycles. The molecule has 0 saturated heterocycles. The smallest absolute Gasteiger partial charge is 0.251 e. The Morgan fingerprint density at radius 1 is 1.15 bits per heavy atom. The monoisotopic (exact) mass is 371 g/mol. The van der Waals surface area contributed by atoms with Crippen molar-refractivity contribution >= 4 is 17.5 Å². The second kappa shape index (κ2) is 8.49. The largest absolute Gasteiger partial charge is 0.497 e. The predicted octanol–water partition coefficient (Wildman–Crippen LogP) is 3.76. The average Bonchev–Trinajstić information content (AvgIpc) is 3.14. The van der Waals surface area contributed by atoms with Crippen molar-refractivity contribution in [2.45, 2.75) is 12.8 Å². The van der Waals surface area contributed by atoms with Gasteiger partial charge in [0.2, 0.25) is 11.7 Å². The zero-order valence-electron chi connectivity index (χ0n) is 14.2. The van der Waals surface area contributed by atoms with Crippen LogP contribution in [-0.2, 0) is 6.42 Å². The molecule has 0 aliphatic rings. The SMILES string of the molecule is COc1ccc(-c2noc(CCCNC(=O)c3ccc(Cl)cc3)n2)cc1. The van der Waals surface area contributed by atoms with E-state index in [9.17, 15) is 4.79 Å². The van der Waals surface area contributed by atoms with Crippen molar-refractivity contribution < 1.29 is 14.1 Å². The van der Waals surface area contributed by atoms with E-state index in [4.69, 9.17) is 20.9 Å². The minimum Gasteiger partial charge on any atom is -0.497 e. The fraction of sp³-hybridized carbons (Fsp3) is 0.211. The summed E-state index contributed by atoms with van der Waals surface area (Å²) in [6.45, 7) is 0.516. The molecule has 26 heavy (non-hydrogen) atoms. The van der Waals surface area contributed by atoms with E-state index < -0.39 is 0 Å². The van der Waals surface area contributed by atoms with Gasteiger partial charge in [-0.05, 0) is 55.0 Å². The van der Waals surface area contributed by atoms with E-state index >= 15 is 0 Å². The minimum atomic E-state index is -0.133. The molecule has 3 aromatic rings. The number of benzene rings is 2. The number of carbonyl (C=O) groups excluding carboxylic acids is 1. The summed E-state index contributed by atoms with van der Waals surface area (Å²) < 4.78 is 10.4. The van der Waals surface area contributed by atoms with Crippen LogP contribution in [0.5, 0.6) is 5.75 Å². The lowest BCUT2D eigenvalue weighted by atomic mass is 10.2. The van der Waals surface area contributed by atoms with E-state index in [1.165, 1.54) is 0 Å². The third kappa shape index (κ3) is 4.61. The van der Waals surface area contributed by atoms with Crippen LogP contribution in [0.3, 0.4) is 0 Å². The van der Waals surface area contributed by atoms with Crippen molar-refractivity contribution in [3.05, 3.63) is 65.0 Å². The van der Waals surface area contributed by atoms with Gasteiger partial charge in [-0.3, -0.25) is 4.79 Å². The van der Waals surface area contributed by atoms with Crippen molar-refractivity contribution in [1.82, 2.24) is 15.5 Å². The molecule has 0 radical (unpaired) electrons. The minimum absolute atomic E-state index is 0.133. The van der Waals surface area contributed by atoms with Crippen LogP contribution in [0.15, 0.2) is 53.1 Å². The molecular weight excluding hydrogens is 354 g/mol. The maximum absolute atomic E-state index is 12.0. The summed E-state index contributed by atoms with van der Waals surface area (Å²) in [5.41, 5.74) is 1.44. The Hall–Kier alpha value is -2.86. The van der Waals surface area contributed by atoms with Crippen LogP contribution in [0, 0.1) is 0 Å². The van der Waals surface area contributed by atoms with E-state index in [1.807, 2.05) is 24.3 Å². The molecule has 0 saturated carbocycles. The Morgan fingerprint density at radius 2 is 1.88 bits per heavy atom. The molecular formula is C19H18ClN3O3. The van der Waals surface area contributed by atoms with Crippen LogP contribution in [0.1, 0.15) is 22.7 Å². The lowest BCUT2D eigenvalue weighted by molar-refractivity contribution is 0.0953. The summed E-state index contributed by atoms with van der Waals surface area (Å²) in [5, 5.41) is 7.44. The number of rotatable bonds is 7. The number of hydrogen-bond acceptors (Lipinski definition) is 5. The topological polar surface area (TPSA) is 77.3 Å². The molecule has 0 bridgehead atoms. The van der Waals surface area contributed by atoms with Gasteiger partial charge in [-0.25, -0.2) is 0 Å². The molecule has 0 spiro atoms. The number of ether oxygens (including phenoxy) is 1. The van der Waals surface area contributed by atoms with Gasteiger partial charge in [-0.15, -0.1) is 0 Å². The number of aryl methyl sites for hydroxylation is 1. The van der Waals surface area contributed by atoms with Crippen LogP contribution < -0.4 is 10.1 Å². The van der Waals surface area contributed by atoms with Crippen molar-refractivity contribution in [2.24, 2.45) is 0 Å². The zero-order chi connectivity index (χ0) is 18.4. The highest BCUT2D eigenvalue weighted by Crippen LogP contribution is 2.20. The van der Waals surface area contributed by atoms with Crippen molar-refractivity contribution in [2.75, 3.05) is 13.7 Å². The highest BCUT2D eigenvalue weighted by Gasteiger charge is 2.09. The number of carbonyl (C=O) groups is 1. The molecule has 1 aromatic heterocycles. The average molecular weight is 372 g/mol. The normalized spacial score (nSPS) is 10.5. The van der Waals surface area contributed by atoms with Crippen LogP contribution in [-0.4, -0.2) is 29.7 Å². The molecule has 0 atom stereocenters. The summed E-state index contributed by atoms with van der Waals surface area (Å²) in [6, 6.07) is 14.2. The quantitative estimate of drug-likeness (QED) is 0.640. The third-order valence-corrected chi connectivity index (χ3v) is 4.03. The van der Waals surface area contributed by atoms with Gasteiger partial charge in [-0.2, -0.15) is 4.98 Å². The number of nitrogens with one attached hydrogen (secondary N) is 1. The first-order valence-corrected chi connectivity index (χ1v) is 8.54. The van der Waals surface area contributed by atoms with Gasteiger partial charge in [0.15, 0.2) is 0 Å². The number of aromatic nitrogens is 2. The van der Waals surface area contributed by atoms with Crippen molar-refractivity contribution in [3.63, 3.8) is 0 Å². The van der Waals surface area contributed by atoms with Crippen LogP contribution in [0.2, 0.25) is 5.02 Å². The van der Waals surface area contributed by atoms with Gasteiger partial charge in [0.25, 0.3) is 5.91 Å². The highest BCUT2D eigenvalue weighted by molar-refractivity contribution is 6.30. The number of nitrogens with zero attached hydrogens (tertiary/aromatic N) is 2. The van der Waals surface area contributed by atoms with E-state index in [-0.39, 0.29) is 5.91 Å². The van der Waals surface area contributed by atoms with Crippen LogP contribution in [0.25, 0.3) is 11.4 Å². The number of halogens is 1. The maximum atomic E-state index is 12.0. The molecule has 0 aliphatic carbocycles. The molecule has 3 rings (SSSR count). The van der Waals surface area contributed by atoms with Gasteiger partial charge in [0.1, 0.15) is 5.75 Å². The summed E-state index contributed by atoms with van der Waals surface area (Å²) in [6.07, 6.45) is 1.29. The molecule has 7 heteroatoms. The van der Waals surface area contributed by atoms with Gasteiger partial charge >= 0.3 is 0 Å². The molecule has 1 heterocycles.